The summed E-state index contributed by atoms with van der Waals surface area (Å²) in [6, 6.07) is 3.66. The van der Waals surface area contributed by atoms with Gasteiger partial charge in [0.1, 0.15) is 5.75 Å². The first-order chi connectivity index (χ1) is 7.07. The number of aryl methyl sites for hydroxylation is 2. The summed E-state index contributed by atoms with van der Waals surface area (Å²) in [6.45, 7) is 3.61. The van der Waals surface area contributed by atoms with E-state index in [1.165, 1.54) is 0 Å². The van der Waals surface area contributed by atoms with E-state index in [1.54, 1.807) is 6.92 Å². The third-order valence-corrected chi connectivity index (χ3v) is 2.67. The van der Waals surface area contributed by atoms with Crippen molar-refractivity contribution in [3.63, 3.8) is 0 Å². The molecule has 1 aromatic carbocycles. The van der Waals surface area contributed by atoms with E-state index >= 15 is 0 Å². The van der Waals surface area contributed by atoms with Crippen molar-refractivity contribution >= 4 is 17.4 Å². The minimum Gasteiger partial charge on any atom is -0.507 e. The molecule has 0 saturated heterocycles. The molecule has 0 atom stereocenters. The topological polar surface area (TPSA) is 37.3 Å². The molecule has 0 fully saturated rings. The van der Waals surface area contributed by atoms with Gasteiger partial charge in [0, 0.05) is 12.3 Å². The summed E-state index contributed by atoms with van der Waals surface area (Å²) >= 11 is 5.53. The molecular formula is C12H15ClO2. The van der Waals surface area contributed by atoms with Gasteiger partial charge >= 0.3 is 0 Å². The largest absolute Gasteiger partial charge is 0.507 e. The van der Waals surface area contributed by atoms with Crippen molar-refractivity contribution in [3.8, 4) is 5.75 Å². The monoisotopic (exact) mass is 226 g/mol. The molecule has 82 valence electrons. The molecule has 15 heavy (non-hydrogen) atoms. The number of rotatable bonds is 4. The van der Waals surface area contributed by atoms with Gasteiger partial charge in [-0.25, -0.2) is 0 Å². The SMILES string of the molecule is Cc1ccc(C)c(C(=O)CCCCl)c1O. The average Bonchev–Trinajstić information content (AvgIpc) is 2.21. The number of Topliss-reactive ketones (excluding diaryl/α,β-unsaturated/α-hetero) is 1. The van der Waals surface area contributed by atoms with E-state index in [0.717, 1.165) is 11.1 Å². The van der Waals surface area contributed by atoms with E-state index in [4.69, 9.17) is 11.6 Å². The van der Waals surface area contributed by atoms with Gasteiger partial charge in [0.15, 0.2) is 5.78 Å². The standard InChI is InChI=1S/C12H15ClO2/c1-8-5-6-9(2)12(15)11(8)10(14)4-3-7-13/h5-6,15H,3-4,7H2,1-2H3. The molecule has 0 aromatic heterocycles. The van der Waals surface area contributed by atoms with Crippen LogP contribution in [-0.2, 0) is 0 Å². The van der Waals surface area contributed by atoms with Gasteiger partial charge in [-0.05, 0) is 31.4 Å². The number of hydrogen-bond donors (Lipinski definition) is 1. The zero-order valence-electron chi connectivity index (χ0n) is 9.01. The van der Waals surface area contributed by atoms with Crippen LogP contribution in [0.1, 0.15) is 34.3 Å². The lowest BCUT2D eigenvalue weighted by Crippen LogP contribution is -2.03. The number of alkyl halides is 1. The van der Waals surface area contributed by atoms with Crippen LogP contribution in [0.3, 0.4) is 0 Å². The molecule has 0 aliphatic heterocycles. The summed E-state index contributed by atoms with van der Waals surface area (Å²) in [6.07, 6.45) is 1.04. The molecule has 0 bridgehead atoms. The highest BCUT2D eigenvalue weighted by Crippen LogP contribution is 2.26. The van der Waals surface area contributed by atoms with Crippen LogP contribution in [0, 0.1) is 13.8 Å². The Morgan fingerprint density at radius 3 is 2.53 bits per heavy atom. The summed E-state index contributed by atoms with van der Waals surface area (Å²) < 4.78 is 0. The lowest BCUT2D eigenvalue weighted by atomic mass is 9.98. The second kappa shape index (κ2) is 5.17. The molecule has 2 nitrogen and oxygen atoms in total. The molecule has 0 aliphatic carbocycles. The number of aromatic hydroxyl groups is 1. The molecule has 0 aliphatic rings. The van der Waals surface area contributed by atoms with E-state index in [0.29, 0.717) is 24.3 Å². The van der Waals surface area contributed by atoms with Crippen LogP contribution in [0.25, 0.3) is 0 Å². The normalized spacial score (nSPS) is 10.3. The number of hydrogen-bond acceptors (Lipinski definition) is 2. The Bertz CT molecular complexity index is 372. The zero-order chi connectivity index (χ0) is 11.4. The van der Waals surface area contributed by atoms with Crippen LogP contribution in [-0.4, -0.2) is 16.8 Å². The molecule has 0 amide bonds. The first-order valence-electron chi connectivity index (χ1n) is 4.96. The maximum atomic E-state index is 11.8. The minimum absolute atomic E-state index is 0.0330. The molecule has 0 saturated carbocycles. The molecule has 0 unspecified atom stereocenters. The molecule has 0 spiro atoms. The first-order valence-corrected chi connectivity index (χ1v) is 5.49. The Morgan fingerprint density at radius 1 is 1.33 bits per heavy atom. The minimum atomic E-state index is -0.0330. The summed E-state index contributed by atoms with van der Waals surface area (Å²) in [5, 5.41) is 9.79. The van der Waals surface area contributed by atoms with Crippen molar-refractivity contribution < 1.29 is 9.90 Å². The van der Waals surface area contributed by atoms with Gasteiger partial charge in [-0.15, -0.1) is 11.6 Å². The van der Waals surface area contributed by atoms with Crippen LogP contribution >= 0.6 is 11.6 Å². The van der Waals surface area contributed by atoms with Gasteiger partial charge in [0.05, 0.1) is 5.56 Å². The molecular weight excluding hydrogens is 212 g/mol. The van der Waals surface area contributed by atoms with Gasteiger partial charge in [-0.2, -0.15) is 0 Å². The Kier molecular flexibility index (Phi) is 4.15. The lowest BCUT2D eigenvalue weighted by molar-refractivity contribution is 0.0978. The van der Waals surface area contributed by atoms with Gasteiger partial charge in [0.2, 0.25) is 0 Å². The Morgan fingerprint density at radius 2 is 1.93 bits per heavy atom. The van der Waals surface area contributed by atoms with Crippen LogP contribution in [0.4, 0.5) is 0 Å². The Labute approximate surface area is 94.9 Å². The summed E-state index contributed by atoms with van der Waals surface area (Å²) in [5.41, 5.74) is 1.99. The van der Waals surface area contributed by atoms with Crippen molar-refractivity contribution in [2.24, 2.45) is 0 Å². The average molecular weight is 227 g/mol. The highest BCUT2D eigenvalue weighted by molar-refractivity contribution is 6.18. The summed E-state index contributed by atoms with van der Waals surface area (Å²) in [4.78, 5) is 11.8. The third-order valence-electron chi connectivity index (χ3n) is 2.40. The highest BCUT2D eigenvalue weighted by atomic mass is 35.5. The van der Waals surface area contributed by atoms with Crippen molar-refractivity contribution in [3.05, 3.63) is 28.8 Å². The predicted octanol–water partition coefficient (Wildman–Crippen LogP) is 3.21. The summed E-state index contributed by atoms with van der Waals surface area (Å²) in [5.74, 6) is 0.543. The molecule has 0 heterocycles. The van der Waals surface area contributed by atoms with E-state index in [2.05, 4.69) is 0 Å². The van der Waals surface area contributed by atoms with Crippen LogP contribution in [0.15, 0.2) is 12.1 Å². The second-order valence-corrected chi connectivity index (χ2v) is 4.02. The zero-order valence-corrected chi connectivity index (χ0v) is 9.77. The smallest absolute Gasteiger partial charge is 0.166 e. The Hall–Kier alpha value is -1.02. The number of phenolic OH excluding ortho intramolecular Hbond substituents is 1. The van der Waals surface area contributed by atoms with E-state index in [-0.39, 0.29) is 11.5 Å². The van der Waals surface area contributed by atoms with Gasteiger partial charge in [-0.3, -0.25) is 4.79 Å². The number of carbonyl (C=O) groups is 1. The van der Waals surface area contributed by atoms with Crippen LogP contribution in [0.5, 0.6) is 5.75 Å². The number of halogens is 1. The summed E-state index contributed by atoms with van der Waals surface area (Å²) in [7, 11) is 0. The van der Waals surface area contributed by atoms with Gasteiger partial charge in [-0.1, -0.05) is 12.1 Å². The van der Waals surface area contributed by atoms with Crippen molar-refractivity contribution in [1.82, 2.24) is 0 Å². The predicted molar refractivity (Wildman–Crippen MR) is 61.9 cm³/mol. The molecule has 1 aromatic rings. The van der Waals surface area contributed by atoms with E-state index < -0.39 is 0 Å². The molecule has 1 rings (SSSR count). The van der Waals surface area contributed by atoms with Crippen molar-refractivity contribution in [2.75, 3.05) is 5.88 Å². The van der Waals surface area contributed by atoms with Crippen LogP contribution in [0.2, 0.25) is 0 Å². The van der Waals surface area contributed by atoms with E-state index in [1.807, 2.05) is 19.1 Å². The third kappa shape index (κ3) is 2.72. The maximum absolute atomic E-state index is 11.8. The molecule has 1 N–H and O–H groups in total. The first kappa shape index (κ1) is 12.1. The number of benzene rings is 1. The van der Waals surface area contributed by atoms with Gasteiger partial charge in [0.25, 0.3) is 0 Å². The second-order valence-electron chi connectivity index (χ2n) is 3.64. The fourth-order valence-electron chi connectivity index (χ4n) is 1.50. The fraction of sp³-hybridized carbons (Fsp3) is 0.417. The van der Waals surface area contributed by atoms with Crippen molar-refractivity contribution in [2.45, 2.75) is 26.7 Å². The Balaban J connectivity index is 3.02. The number of carbonyl (C=O) groups excluding carboxylic acids is 1. The fourth-order valence-corrected chi connectivity index (χ4v) is 1.63. The maximum Gasteiger partial charge on any atom is 0.166 e. The van der Waals surface area contributed by atoms with Crippen molar-refractivity contribution in [1.29, 1.82) is 0 Å². The molecule has 0 radical (unpaired) electrons. The quantitative estimate of drug-likeness (QED) is 0.632. The van der Waals surface area contributed by atoms with E-state index in [9.17, 15) is 9.90 Å². The lowest BCUT2D eigenvalue weighted by Gasteiger charge is -2.09. The molecule has 3 heteroatoms. The number of phenols is 1. The van der Waals surface area contributed by atoms with Gasteiger partial charge < -0.3 is 5.11 Å². The number of ketones is 1. The highest BCUT2D eigenvalue weighted by Gasteiger charge is 2.15. The van der Waals surface area contributed by atoms with Crippen LogP contribution < -0.4 is 0 Å².